The Morgan fingerprint density at radius 2 is 1.68 bits per heavy atom. The number of nitrogens with two attached hydrogens (primary N) is 1. The molecule has 0 bridgehead atoms. The van der Waals surface area contributed by atoms with E-state index in [1.807, 2.05) is 0 Å². The summed E-state index contributed by atoms with van der Waals surface area (Å²) in [4.78, 5) is 0. The van der Waals surface area contributed by atoms with Crippen molar-refractivity contribution in [2.75, 3.05) is 13.2 Å². The highest BCUT2D eigenvalue weighted by Crippen LogP contribution is 2.13. The Hall–Kier alpha value is -0.860. The largest absolute Gasteiger partial charge is 0.379 e. The number of benzene rings is 1. The van der Waals surface area contributed by atoms with E-state index in [-0.39, 0.29) is 6.04 Å². The predicted molar refractivity (Wildman–Crippen MR) is 82.3 cm³/mol. The van der Waals surface area contributed by atoms with Crippen LogP contribution in [0.5, 0.6) is 0 Å². The highest BCUT2D eigenvalue weighted by Gasteiger charge is 2.05. The maximum absolute atomic E-state index is 6.12. The Kier molecular flexibility index (Phi) is 8.52. The zero-order valence-electron chi connectivity index (χ0n) is 12.5. The monoisotopic (exact) mass is 263 g/mol. The van der Waals surface area contributed by atoms with Gasteiger partial charge in [-0.15, -0.1) is 0 Å². The van der Waals surface area contributed by atoms with Crippen molar-refractivity contribution in [1.82, 2.24) is 0 Å². The fraction of sp³-hybridized carbons (Fsp3) is 0.647. The van der Waals surface area contributed by atoms with Gasteiger partial charge in [0.25, 0.3) is 0 Å². The Morgan fingerprint density at radius 3 is 2.32 bits per heavy atom. The van der Waals surface area contributed by atoms with Crippen molar-refractivity contribution in [3.63, 3.8) is 0 Å². The normalized spacial score (nSPS) is 12.6. The molecule has 108 valence electrons. The first-order valence-corrected chi connectivity index (χ1v) is 7.70. The second-order valence-electron chi connectivity index (χ2n) is 5.19. The van der Waals surface area contributed by atoms with Crippen LogP contribution in [0.25, 0.3) is 0 Å². The molecule has 1 aromatic carbocycles. The van der Waals surface area contributed by atoms with E-state index in [1.54, 1.807) is 0 Å². The quantitative estimate of drug-likeness (QED) is 0.641. The Balaban J connectivity index is 2.14. The molecule has 0 fully saturated rings. The molecule has 0 saturated carbocycles. The second-order valence-corrected chi connectivity index (χ2v) is 5.19. The third kappa shape index (κ3) is 6.74. The lowest BCUT2D eigenvalue weighted by Gasteiger charge is -2.13. The van der Waals surface area contributed by atoms with Gasteiger partial charge in [-0.25, -0.2) is 0 Å². The van der Waals surface area contributed by atoms with Gasteiger partial charge in [0.1, 0.15) is 0 Å². The molecule has 1 aromatic rings. The summed E-state index contributed by atoms with van der Waals surface area (Å²) in [6.07, 6.45) is 7.45. The van der Waals surface area contributed by atoms with Crippen LogP contribution in [0.15, 0.2) is 24.3 Å². The Labute approximate surface area is 118 Å². The minimum Gasteiger partial charge on any atom is -0.379 e. The lowest BCUT2D eigenvalue weighted by atomic mass is 10.1. The van der Waals surface area contributed by atoms with Crippen LogP contribution in [0.2, 0.25) is 0 Å². The van der Waals surface area contributed by atoms with Gasteiger partial charge in [0.15, 0.2) is 0 Å². The first-order valence-electron chi connectivity index (χ1n) is 7.70. The summed E-state index contributed by atoms with van der Waals surface area (Å²) in [7, 11) is 0. The highest BCUT2D eigenvalue weighted by atomic mass is 16.5. The molecule has 0 radical (unpaired) electrons. The molecule has 0 spiro atoms. The SMILES string of the molecule is CCCCCCCOCC(N)c1ccc(CC)cc1. The molecule has 2 heteroatoms. The molecule has 2 N–H and O–H groups in total. The van der Waals surface area contributed by atoms with Crippen LogP contribution >= 0.6 is 0 Å². The molecule has 1 unspecified atom stereocenters. The molecule has 0 aliphatic heterocycles. The predicted octanol–water partition coefficient (Wildman–Crippen LogP) is 4.24. The Bertz CT molecular complexity index is 321. The van der Waals surface area contributed by atoms with E-state index < -0.39 is 0 Å². The van der Waals surface area contributed by atoms with Crippen LogP contribution in [0.4, 0.5) is 0 Å². The topological polar surface area (TPSA) is 35.2 Å². The van der Waals surface area contributed by atoms with E-state index in [2.05, 4.69) is 38.1 Å². The smallest absolute Gasteiger partial charge is 0.0659 e. The summed E-state index contributed by atoms with van der Waals surface area (Å²) in [6, 6.07) is 8.55. The van der Waals surface area contributed by atoms with Crippen LogP contribution in [0, 0.1) is 0 Å². The zero-order chi connectivity index (χ0) is 13.9. The fourth-order valence-electron chi connectivity index (χ4n) is 2.11. The first-order chi connectivity index (χ1) is 9.27. The van der Waals surface area contributed by atoms with E-state index >= 15 is 0 Å². The average molecular weight is 263 g/mol. The van der Waals surface area contributed by atoms with Crippen LogP contribution in [-0.2, 0) is 11.2 Å². The second kappa shape index (κ2) is 9.99. The van der Waals surface area contributed by atoms with Gasteiger partial charge in [-0.1, -0.05) is 63.8 Å². The van der Waals surface area contributed by atoms with Crippen molar-refractivity contribution in [3.05, 3.63) is 35.4 Å². The number of aryl methyl sites for hydroxylation is 1. The molecule has 0 amide bonds. The van der Waals surface area contributed by atoms with Crippen LogP contribution in [0.1, 0.15) is 63.1 Å². The van der Waals surface area contributed by atoms with Gasteiger partial charge in [0, 0.05) is 6.61 Å². The minimum absolute atomic E-state index is 0.00143. The summed E-state index contributed by atoms with van der Waals surface area (Å²) >= 11 is 0. The number of ether oxygens (including phenoxy) is 1. The average Bonchev–Trinajstić information content (AvgIpc) is 2.46. The molecule has 1 atom stereocenters. The summed E-state index contributed by atoms with van der Waals surface area (Å²) in [5.41, 5.74) is 8.65. The van der Waals surface area contributed by atoms with Crippen LogP contribution < -0.4 is 5.73 Å². The molecule has 1 rings (SSSR count). The molecular weight excluding hydrogens is 234 g/mol. The third-order valence-electron chi connectivity index (χ3n) is 3.51. The summed E-state index contributed by atoms with van der Waals surface area (Å²) < 4.78 is 5.66. The van der Waals surface area contributed by atoms with Crippen LogP contribution in [-0.4, -0.2) is 13.2 Å². The van der Waals surface area contributed by atoms with Crippen molar-refractivity contribution in [2.24, 2.45) is 5.73 Å². The minimum atomic E-state index is 0.00143. The molecule has 19 heavy (non-hydrogen) atoms. The highest BCUT2D eigenvalue weighted by molar-refractivity contribution is 5.24. The van der Waals surface area contributed by atoms with E-state index in [9.17, 15) is 0 Å². The maximum atomic E-state index is 6.12. The van der Waals surface area contributed by atoms with E-state index in [0.717, 1.165) is 19.4 Å². The van der Waals surface area contributed by atoms with Crippen LogP contribution in [0.3, 0.4) is 0 Å². The molecule has 0 aliphatic rings. The lowest BCUT2D eigenvalue weighted by molar-refractivity contribution is 0.117. The molecular formula is C17H29NO. The van der Waals surface area contributed by atoms with Crippen molar-refractivity contribution >= 4 is 0 Å². The summed E-state index contributed by atoms with van der Waals surface area (Å²) in [5, 5.41) is 0. The van der Waals surface area contributed by atoms with Gasteiger partial charge >= 0.3 is 0 Å². The number of hydrogen-bond donors (Lipinski definition) is 1. The maximum Gasteiger partial charge on any atom is 0.0659 e. The lowest BCUT2D eigenvalue weighted by Crippen LogP contribution is -2.17. The van der Waals surface area contributed by atoms with Crippen molar-refractivity contribution in [2.45, 2.75) is 58.4 Å². The van der Waals surface area contributed by atoms with Gasteiger partial charge in [-0.2, -0.15) is 0 Å². The van der Waals surface area contributed by atoms with Gasteiger partial charge < -0.3 is 10.5 Å². The molecule has 2 nitrogen and oxygen atoms in total. The molecule has 0 aromatic heterocycles. The first kappa shape index (κ1) is 16.2. The number of hydrogen-bond acceptors (Lipinski definition) is 2. The van der Waals surface area contributed by atoms with Crippen molar-refractivity contribution < 1.29 is 4.74 Å². The van der Waals surface area contributed by atoms with Crippen molar-refractivity contribution in [3.8, 4) is 0 Å². The van der Waals surface area contributed by atoms with E-state index in [4.69, 9.17) is 10.5 Å². The van der Waals surface area contributed by atoms with E-state index in [0.29, 0.717) is 6.61 Å². The van der Waals surface area contributed by atoms with Gasteiger partial charge in [-0.3, -0.25) is 0 Å². The van der Waals surface area contributed by atoms with Gasteiger partial charge in [0.2, 0.25) is 0 Å². The number of rotatable bonds is 10. The fourth-order valence-corrected chi connectivity index (χ4v) is 2.11. The summed E-state index contributed by atoms with van der Waals surface area (Å²) in [5.74, 6) is 0. The molecule has 0 saturated heterocycles. The Morgan fingerprint density at radius 1 is 1.00 bits per heavy atom. The zero-order valence-corrected chi connectivity index (χ0v) is 12.5. The number of unbranched alkanes of at least 4 members (excludes halogenated alkanes) is 4. The summed E-state index contributed by atoms with van der Waals surface area (Å²) in [6.45, 7) is 5.86. The molecule has 0 aliphatic carbocycles. The standard InChI is InChI=1S/C17H29NO/c1-3-5-6-7-8-13-19-14-17(18)16-11-9-15(4-2)10-12-16/h9-12,17H,3-8,13-14,18H2,1-2H3. The van der Waals surface area contributed by atoms with Crippen molar-refractivity contribution in [1.29, 1.82) is 0 Å². The van der Waals surface area contributed by atoms with Gasteiger partial charge in [-0.05, 0) is 24.0 Å². The van der Waals surface area contributed by atoms with E-state index in [1.165, 1.54) is 36.8 Å². The van der Waals surface area contributed by atoms with Gasteiger partial charge in [0.05, 0.1) is 12.6 Å². The third-order valence-corrected chi connectivity index (χ3v) is 3.51. The molecule has 0 heterocycles.